The molecule has 740 valence electrons. The molecule has 55 heteroatoms. The van der Waals surface area contributed by atoms with Crippen molar-refractivity contribution in [1.82, 2.24) is 21.3 Å². The van der Waals surface area contributed by atoms with Gasteiger partial charge in [0.2, 0.25) is 23.6 Å². The van der Waals surface area contributed by atoms with Crippen LogP contribution in [0.3, 0.4) is 0 Å². The zero-order valence-corrected chi connectivity index (χ0v) is 69.8. The Morgan fingerprint density at radius 1 is 0.352 bits per heavy atom. The van der Waals surface area contributed by atoms with Crippen LogP contribution in [-0.2, 0) is 119 Å². The second kappa shape index (κ2) is 45.9. The van der Waals surface area contributed by atoms with Gasteiger partial charge < -0.3 is 249 Å². The van der Waals surface area contributed by atoms with Crippen LogP contribution in [0.25, 0.3) is 0 Å². The largest absolute Gasteiger partial charge is 0.410 e. The number of carbonyl (C=O) groups is 5. The summed E-state index contributed by atoms with van der Waals surface area (Å²) in [6.45, 7) is -2.11. The van der Waals surface area contributed by atoms with Crippen LogP contribution in [0.5, 0.6) is 0 Å². The molecule has 10 rings (SSSR count). The van der Waals surface area contributed by atoms with Crippen molar-refractivity contribution in [2.45, 2.75) is 361 Å². The van der Waals surface area contributed by atoms with Gasteiger partial charge in [0.05, 0.1) is 96.3 Å². The van der Waals surface area contributed by atoms with E-state index in [4.69, 9.17) is 94.7 Å². The molecule has 10 heterocycles. The molecule has 0 bridgehead atoms. The van der Waals surface area contributed by atoms with Gasteiger partial charge in [-0.3, -0.25) is 24.0 Å². The molecule has 0 saturated carbocycles. The van der Waals surface area contributed by atoms with Crippen LogP contribution in [-0.4, -0.2) is 529 Å². The highest BCUT2D eigenvalue weighted by Crippen LogP contribution is 2.43. The number of ether oxygens (including phenoxy) is 20. The summed E-state index contributed by atoms with van der Waals surface area (Å²) < 4.78 is 119. The number of aliphatic hydroxyl groups excluding tert-OH is 26. The van der Waals surface area contributed by atoms with Gasteiger partial charge in [0.25, 0.3) is 6.47 Å². The molecule has 55 nitrogen and oxygen atoms in total. The predicted molar refractivity (Wildman–Crippen MR) is 398 cm³/mol. The maximum Gasteiger partial charge on any atom is 0.332 e. The molecule has 10 saturated heterocycles. The molecule has 0 aliphatic carbocycles. The van der Waals surface area contributed by atoms with Gasteiger partial charge in [-0.15, -0.1) is 0 Å². The van der Waals surface area contributed by atoms with Crippen LogP contribution in [0.15, 0.2) is 0 Å². The average molecular weight is 1870 g/mol. The Morgan fingerprint density at radius 3 is 1.12 bits per heavy atom. The highest BCUT2D eigenvalue weighted by Gasteiger charge is 2.62. The second-order valence-electron chi connectivity index (χ2n) is 32.9. The van der Waals surface area contributed by atoms with E-state index < -0.39 is 402 Å². The first-order valence-corrected chi connectivity index (χ1v) is 41.3. The summed E-state index contributed by atoms with van der Waals surface area (Å²) in [6, 6.07) is -7.06. The van der Waals surface area contributed by atoms with Crippen molar-refractivity contribution in [2.75, 3.05) is 59.5 Å². The first kappa shape index (κ1) is 106. The van der Waals surface area contributed by atoms with Crippen molar-refractivity contribution in [1.29, 1.82) is 0 Å². The summed E-state index contributed by atoms with van der Waals surface area (Å²) >= 11 is 0. The van der Waals surface area contributed by atoms with E-state index in [0.717, 1.165) is 27.7 Å². The minimum Gasteiger partial charge on any atom is -0.410 e. The molecule has 0 radical (unpaired) electrons. The van der Waals surface area contributed by atoms with E-state index in [9.17, 15) is 157 Å². The number of carbonyl (C=O) groups excluding carboxylic acids is 5. The van der Waals surface area contributed by atoms with Gasteiger partial charge in [-0.05, 0) is 13.8 Å². The Balaban J connectivity index is 0.953. The van der Waals surface area contributed by atoms with Crippen molar-refractivity contribution in [3.8, 4) is 0 Å². The van der Waals surface area contributed by atoms with Crippen LogP contribution in [0.2, 0.25) is 0 Å². The number of hydrogen-bond donors (Lipinski definition) is 30. The predicted octanol–water partition coefficient (Wildman–Crippen LogP) is -19.6. The lowest BCUT2D eigenvalue weighted by Gasteiger charge is -2.51. The molecule has 10 fully saturated rings. The Morgan fingerprint density at radius 2 is 0.695 bits per heavy atom. The molecule has 30 N–H and O–H groups in total. The Kier molecular flexibility index (Phi) is 37.9. The third-order valence-corrected chi connectivity index (χ3v) is 23.9. The number of rotatable bonds is 35. The number of nitrogens with one attached hydrogen (secondary N) is 4. The third-order valence-electron chi connectivity index (χ3n) is 23.9. The summed E-state index contributed by atoms with van der Waals surface area (Å²) in [4.78, 5) is 63.5. The maximum absolute atomic E-state index is 13.2. The summed E-state index contributed by atoms with van der Waals surface area (Å²) in [5.74, 6) is -7.19. The van der Waals surface area contributed by atoms with Gasteiger partial charge in [-0.2, -0.15) is 0 Å². The van der Waals surface area contributed by atoms with E-state index in [-0.39, 0.29) is 6.47 Å². The zero-order valence-electron chi connectivity index (χ0n) is 69.8. The Bertz CT molecular complexity index is 3500. The minimum absolute atomic E-state index is 0.189. The lowest BCUT2D eigenvalue weighted by Crippen LogP contribution is -2.71. The molecule has 10 aliphatic rings. The summed E-state index contributed by atoms with van der Waals surface area (Å²) in [5, 5.41) is 303. The standard InChI is InChI=1S/C73H122N4O51/c1-19-26(90)8-73(111-18-85,128-57(19)41(93)27(91)9-78)110-17-35-44(96)51(103)55(107)69(120-35)123-60-32(14-83)117-66(38(49(60)101)76-24(6)88)126-63-52(104)42(94)28(10-79)114-71(63)109-16-34-45(97)62(56(108)70(119-34)124-61-33(15-84)116-65(37(47(61)99)75-23(5)87)121-58-30(12-81)112-20(2)36(46(58)98)74-22(4)86)125-72-64(53(105)43(95)29(11-80)115-72)127-67-39(77-25(7)89)48(100)59(31(13-82)118-67)122-68-54(106)50(102)40(92)21(3)113-68/h18-21,26-72,78-84,90-108H,8-17H2,1-7H3,(H,74,86)(H,75,87)(H,76,88)(H,77,89)/t19-,20+,21?,26-,27-,28?,29-,30?,31?,32+,33?,34?,35?,36?,37?,38?,39?,40+,41-,42-,43-,44+,45-,46-,47-,48-,49?,50+,51?,52+,53?,54?,55+,56?,57?,58-,59-,60-,61-,62+,63?,64?,65+,66+,67+,68+,69+,70+,71+,72-,73+/m1/s1. The topological polar surface area (TPSA) is 844 Å². The molecule has 10 aliphatic heterocycles. The van der Waals surface area contributed by atoms with E-state index in [1.165, 1.54) is 20.8 Å². The van der Waals surface area contributed by atoms with Gasteiger partial charge in [-0.25, -0.2) is 0 Å². The van der Waals surface area contributed by atoms with E-state index in [1.807, 2.05) is 0 Å². The van der Waals surface area contributed by atoms with Gasteiger partial charge in [0.15, 0.2) is 50.3 Å². The van der Waals surface area contributed by atoms with Crippen LogP contribution in [0, 0.1) is 5.92 Å². The Labute approximate surface area is 727 Å². The fraction of sp³-hybridized carbons (Fsp3) is 0.932. The lowest BCUT2D eigenvalue weighted by atomic mass is 9.87. The SMILES string of the molecule is CC(=O)NC1C(O)[C@H](O[C@@H]2OC(CO[C@]3(OC=O)C[C@@H](O)[C@@H](C)C([C@H](O)[C@H](O)CO)O3)[C@H](O)C(O)[C@@H]2O)[C@H](CO)O[C@H]1OC1[C@@H](OCC2O[C@@H](O[C@@H]3C(CO)O[C@@H](O[C@@H]4C(CO)O[C@@H](C)C(NC(C)=O)[C@H]4O)C(NC(C)=O)[C@H]3O)C(O)[C@@H](O[C@H]3O[C@H](CO)[C@@H](O)C(O)C3O[C@@H]3OC(CO)[C@@H](O[C@@H]4OC(C)[C@H](O)[C@H](O)C4O)[C@H](O)C3NC(C)=O)[C@@H]2O)OC(CO)[C@@H](O)[C@@H]1O. The Hall–Kier alpha value is -4.45. The highest BCUT2D eigenvalue weighted by molar-refractivity contribution is 5.74. The van der Waals surface area contributed by atoms with E-state index in [1.54, 1.807) is 0 Å². The second-order valence-corrected chi connectivity index (χ2v) is 32.9. The molecular formula is C73H122N4O51. The molecule has 51 atom stereocenters. The summed E-state index contributed by atoms with van der Waals surface area (Å²) in [5.41, 5.74) is 0. The van der Waals surface area contributed by atoms with Crippen molar-refractivity contribution < 1.29 is 251 Å². The summed E-state index contributed by atoms with van der Waals surface area (Å²) in [7, 11) is 0. The molecule has 128 heavy (non-hydrogen) atoms. The van der Waals surface area contributed by atoms with Gasteiger partial charge in [-0.1, -0.05) is 6.92 Å². The summed E-state index contributed by atoms with van der Waals surface area (Å²) in [6.07, 6.45) is -92.3. The monoisotopic (exact) mass is 1870 g/mol. The van der Waals surface area contributed by atoms with Gasteiger partial charge in [0.1, 0.15) is 220 Å². The van der Waals surface area contributed by atoms with Crippen LogP contribution in [0.4, 0.5) is 0 Å². The number of aliphatic hydroxyl groups is 26. The highest BCUT2D eigenvalue weighted by atomic mass is 16.9. The van der Waals surface area contributed by atoms with Crippen LogP contribution in [0.1, 0.15) is 54.9 Å². The van der Waals surface area contributed by atoms with Crippen molar-refractivity contribution in [2.24, 2.45) is 5.92 Å². The fourth-order valence-electron chi connectivity index (χ4n) is 16.9. The van der Waals surface area contributed by atoms with Gasteiger partial charge in [0, 0.05) is 33.6 Å². The van der Waals surface area contributed by atoms with E-state index in [0.29, 0.717) is 0 Å². The molecule has 19 unspecified atom stereocenters. The molecule has 0 aromatic heterocycles. The smallest absolute Gasteiger partial charge is 0.332 e. The quantitative estimate of drug-likeness (QED) is 0.0207. The number of amides is 4. The van der Waals surface area contributed by atoms with E-state index in [2.05, 4.69) is 21.3 Å². The number of hydrogen-bond acceptors (Lipinski definition) is 51. The molecule has 0 spiro atoms. The normalized spacial score (nSPS) is 48.4. The molecule has 0 aromatic rings. The van der Waals surface area contributed by atoms with Crippen LogP contribution >= 0.6 is 0 Å². The van der Waals surface area contributed by atoms with Crippen molar-refractivity contribution in [3.05, 3.63) is 0 Å². The first-order chi connectivity index (χ1) is 60.5. The maximum atomic E-state index is 13.2. The fourth-order valence-corrected chi connectivity index (χ4v) is 16.9. The van der Waals surface area contributed by atoms with Crippen LogP contribution < -0.4 is 21.3 Å². The van der Waals surface area contributed by atoms with Crippen molar-refractivity contribution in [3.63, 3.8) is 0 Å². The molecule has 0 aromatic carbocycles. The zero-order chi connectivity index (χ0) is 94.4. The average Bonchev–Trinajstić information content (AvgIpc) is 0.767. The minimum atomic E-state index is -2.66. The van der Waals surface area contributed by atoms with Crippen molar-refractivity contribution >= 4 is 30.1 Å². The lowest BCUT2D eigenvalue weighted by molar-refractivity contribution is -0.424. The van der Waals surface area contributed by atoms with Gasteiger partial charge >= 0.3 is 5.97 Å². The van der Waals surface area contributed by atoms with E-state index >= 15 is 0 Å². The molecular weight excluding hydrogens is 1750 g/mol. The first-order valence-electron chi connectivity index (χ1n) is 41.3. The third kappa shape index (κ3) is 23.4. The molecule has 4 amide bonds.